The molecule has 0 saturated carbocycles. The fourth-order valence-corrected chi connectivity index (χ4v) is 1.96. The number of pyridine rings is 1. The predicted octanol–water partition coefficient (Wildman–Crippen LogP) is 2.81. The van der Waals surface area contributed by atoms with Crippen LogP contribution in [-0.2, 0) is 13.0 Å². The molecule has 2 heterocycles. The van der Waals surface area contributed by atoms with Crippen LogP contribution in [0.2, 0.25) is 5.02 Å². The van der Waals surface area contributed by atoms with Crippen molar-refractivity contribution in [3.63, 3.8) is 0 Å². The van der Waals surface area contributed by atoms with Crippen molar-refractivity contribution in [1.29, 1.82) is 5.26 Å². The molecule has 1 unspecified atom stereocenters. The van der Waals surface area contributed by atoms with Gasteiger partial charge >= 0.3 is 0 Å². The number of aryl methyl sites for hydroxylation is 1. The number of imidazole rings is 1. The summed E-state index contributed by atoms with van der Waals surface area (Å²) in [6, 6.07) is 4.03. The van der Waals surface area contributed by atoms with Gasteiger partial charge in [0.2, 0.25) is 0 Å². The zero-order valence-corrected chi connectivity index (χ0v) is 10.6. The first-order chi connectivity index (χ1) is 8.15. The van der Waals surface area contributed by atoms with Gasteiger partial charge in [0.15, 0.2) is 5.65 Å². The Balaban J connectivity index is 2.55. The molecule has 1 atom stereocenters. The van der Waals surface area contributed by atoms with Crippen LogP contribution in [-0.4, -0.2) is 14.5 Å². The molecule has 5 heteroatoms. The van der Waals surface area contributed by atoms with Gasteiger partial charge in [0, 0.05) is 19.2 Å². The van der Waals surface area contributed by atoms with Crippen molar-refractivity contribution in [2.75, 3.05) is 0 Å². The van der Waals surface area contributed by atoms with Gasteiger partial charge in [0.05, 0.1) is 17.0 Å². The summed E-state index contributed by atoms with van der Waals surface area (Å²) < 4.78 is 2.00. The lowest BCUT2D eigenvalue weighted by atomic mass is 10.2. The molecule has 0 spiro atoms. The SMILES string of the molecule is CCc1nc2cc(Cl)cnc2n1CC(C)C#N. The topological polar surface area (TPSA) is 54.5 Å². The number of hydrogen-bond acceptors (Lipinski definition) is 3. The van der Waals surface area contributed by atoms with Crippen molar-refractivity contribution in [2.45, 2.75) is 26.8 Å². The van der Waals surface area contributed by atoms with Crippen molar-refractivity contribution < 1.29 is 0 Å². The number of hydrogen-bond donors (Lipinski definition) is 0. The van der Waals surface area contributed by atoms with Crippen LogP contribution in [0.15, 0.2) is 12.3 Å². The minimum absolute atomic E-state index is 0.0600. The summed E-state index contributed by atoms with van der Waals surface area (Å²) in [5, 5.41) is 9.47. The summed E-state index contributed by atoms with van der Waals surface area (Å²) >= 11 is 5.89. The first-order valence-corrected chi connectivity index (χ1v) is 5.93. The molecule has 88 valence electrons. The number of nitriles is 1. The molecular weight excluding hydrogens is 236 g/mol. The van der Waals surface area contributed by atoms with E-state index >= 15 is 0 Å². The Kier molecular flexibility index (Phi) is 3.30. The highest BCUT2D eigenvalue weighted by Gasteiger charge is 2.13. The quantitative estimate of drug-likeness (QED) is 0.839. The average Bonchev–Trinajstić information content (AvgIpc) is 2.66. The molecule has 0 aliphatic heterocycles. The molecule has 0 amide bonds. The van der Waals surface area contributed by atoms with E-state index in [-0.39, 0.29) is 5.92 Å². The third-order valence-corrected chi connectivity index (χ3v) is 2.83. The molecule has 2 aromatic rings. The van der Waals surface area contributed by atoms with Crippen molar-refractivity contribution >= 4 is 22.8 Å². The van der Waals surface area contributed by atoms with Crippen molar-refractivity contribution in [3.05, 3.63) is 23.1 Å². The minimum Gasteiger partial charge on any atom is -0.311 e. The van der Waals surface area contributed by atoms with Crippen molar-refractivity contribution in [3.8, 4) is 6.07 Å². The van der Waals surface area contributed by atoms with E-state index < -0.39 is 0 Å². The van der Waals surface area contributed by atoms with Crippen LogP contribution < -0.4 is 0 Å². The van der Waals surface area contributed by atoms with Crippen molar-refractivity contribution in [2.24, 2.45) is 5.92 Å². The summed E-state index contributed by atoms with van der Waals surface area (Å²) in [4.78, 5) is 8.78. The average molecular weight is 249 g/mol. The molecule has 0 radical (unpaired) electrons. The molecule has 0 fully saturated rings. The molecule has 0 aliphatic rings. The van der Waals surface area contributed by atoms with E-state index in [2.05, 4.69) is 16.0 Å². The molecule has 0 N–H and O–H groups in total. The van der Waals surface area contributed by atoms with Gasteiger partial charge in [-0.2, -0.15) is 5.26 Å². The lowest BCUT2D eigenvalue weighted by Crippen LogP contribution is -2.09. The monoisotopic (exact) mass is 248 g/mol. The number of halogens is 1. The highest BCUT2D eigenvalue weighted by molar-refractivity contribution is 6.31. The van der Waals surface area contributed by atoms with Gasteiger partial charge in [-0.05, 0) is 13.0 Å². The third kappa shape index (κ3) is 2.25. The van der Waals surface area contributed by atoms with Gasteiger partial charge in [0.25, 0.3) is 0 Å². The fraction of sp³-hybridized carbons (Fsp3) is 0.417. The molecule has 2 rings (SSSR count). The summed E-state index contributed by atoms with van der Waals surface area (Å²) in [7, 11) is 0. The second-order valence-corrected chi connectivity index (χ2v) is 4.46. The van der Waals surface area contributed by atoms with Gasteiger partial charge < -0.3 is 4.57 Å². The Morgan fingerprint density at radius 2 is 2.35 bits per heavy atom. The molecule has 0 aromatic carbocycles. The molecule has 17 heavy (non-hydrogen) atoms. The maximum atomic E-state index is 8.89. The summed E-state index contributed by atoms with van der Waals surface area (Å²) in [5.41, 5.74) is 1.59. The van der Waals surface area contributed by atoms with E-state index in [1.54, 1.807) is 12.3 Å². The standard InChI is InChI=1S/C12H13ClN4/c1-3-11-16-10-4-9(13)6-15-12(10)17(11)7-8(2)5-14/h4,6,8H,3,7H2,1-2H3. The largest absolute Gasteiger partial charge is 0.311 e. The Bertz CT molecular complexity index is 582. The van der Waals surface area contributed by atoms with Crippen LogP contribution in [0.5, 0.6) is 0 Å². The first kappa shape index (κ1) is 11.9. The molecule has 2 aromatic heterocycles. The van der Waals surface area contributed by atoms with E-state index in [1.165, 1.54) is 0 Å². The smallest absolute Gasteiger partial charge is 0.160 e. The van der Waals surface area contributed by atoms with Gasteiger partial charge in [-0.15, -0.1) is 0 Å². The van der Waals surface area contributed by atoms with E-state index in [0.29, 0.717) is 11.6 Å². The Morgan fingerprint density at radius 3 is 3.00 bits per heavy atom. The third-order valence-electron chi connectivity index (χ3n) is 2.62. The van der Waals surface area contributed by atoms with Gasteiger partial charge in [-0.1, -0.05) is 18.5 Å². The minimum atomic E-state index is -0.0600. The zero-order valence-electron chi connectivity index (χ0n) is 9.81. The lowest BCUT2D eigenvalue weighted by Gasteiger charge is -2.08. The number of nitrogens with zero attached hydrogens (tertiary/aromatic N) is 4. The molecule has 0 aliphatic carbocycles. The lowest BCUT2D eigenvalue weighted by molar-refractivity contribution is 0.569. The van der Waals surface area contributed by atoms with Gasteiger partial charge in [0.1, 0.15) is 11.3 Å². The van der Waals surface area contributed by atoms with E-state index in [1.807, 2.05) is 18.4 Å². The Labute approximate surface area is 105 Å². The number of aromatic nitrogens is 3. The van der Waals surface area contributed by atoms with Crippen LogP contribution in [0, 0.1) is 17.2 Å². The summed E-state index contributed by atoms with van der Waals surface area (Å²) in [6.07, 6.45) is 2.42. The van der Waals surface area contributed by atoms with Gasteiger partial charge in [-0.25, -0.2) is 9.97 Å². The zero-order chi connectivity index (χ0) is 12.4. The normalized spacial score (nSPS) is 12.6. The first-order valence-electron chi connectivity index (χ1n) is 5.56. The fourth-order valence-electron chi connectivity index (χ4n) is 1.81. The van der Waals surface area contributed by atoms with Crippen LogP contribution in [0.25, 0.3) is 11.2 Å². The molecular formula is C12H13ClN4. The molecule has 4 nitrogen and oxygen atoms in total. The highest BCUT2D eigenvalue weighted by atomic mass is 35.5. The Hall–Kier alpha value is -1.60. The van der Waals surface area contributed by atoms with Crippen molar-refractivity contribution in [1.82, 2.24) is 14.5 Å². The number of rotatable bonds is 3. The van der Waals surface area contributed by atoms with Crippen LogP contribution in [0.1, 0.15) is 19.7 Å². The summed E-state index contributed by atoms with van der Waals surface area (Å²) in [6.45, 7) is 4.54. The van der Waals surface area contributed by atoms with Gasteiger partial charge in [-0.3, -0.25) is 0 Å². The predicted molar refractivity (Wildman–Crippen MR) is 66.7 cm³/mol. The second kappa shape index (κ2) is 4.72. The molecule has 0 saturated heterocycles. The highest BCUT2D eigenvalue weighted by Crippen LogP contribution is 2.19. The summed E-state index contributed by atoms with van der Waals surface area (Å²) in [5.74, 6) is 0.882. The maximum Gasteiger partial charge on any atom is 0.160 e. The number of fused-ring (bicyclic) bond motifs is 1. The van der Waals surface area contributed by atoms with E-state index in [4.69, 9.17) is 16.9 Å². The van der Waals surface area contributed by atoms with E-state index in [9.17, 15) is 0 Å². The second-order valence-electron chi connectivity index (χ2n) is 4.02. The maximum absolute atomic E-state index is 8.89. The van der Waals surface area contributed by atoms with Crippen LogP contribution in [0.4, 0.5) is 0 Å². The Morgan fingerprint density at radius 1 is 1.59 bits per heavy atom. The van der Waals surface area contributed by atoms with Crippen LogP contribution in [0.3, 0.4) is 0 Å². The van der Waals surface area contributed by atoms with E-state index in [0.717, 1.165) is 23.4 Å². The van der Waals surface area contributed by atoms with Crippen LogP contribution >= 0.6 is 11.6 Å². The molecule has 0 bridgehead atoms.